The van der Waals surface area contributed by atoms with Gasteiger partial charge >= 0.3 is 6.18 Å². The van der Waals surface area contributed by atoms with Crippen LogP contribution in [0.25, 0.3) is 11.3 Å². The molecule has 2 aromatic rings. The number of hydrogen-bond donors (Lipinski definition) is 3. The van der Waals surface area contributed by atoms with Gasteiger partial charge in [-0.05, 0) is 51.1 Å². The first-order chi connectivity index (χ1) is 13.2. The standard InChI is InChI=1S/C20H22F4N2O3/c1-17(2,27)18(3)10-29-16-13(18)8-14(19(28,9-25)20(22,23)24)26-15(16)11-4-6-12(21)7-5-11/h4-8,27-28H,9-10,25H2,1-3H3/t18-,19-/m0/s1. The van der Waals surface area contributed by atoms with Crippen LogP contribution in [0.4, 0.5) is 17.6 Å². The molecule has 1 aromatic carbocycles. The first kappa shape index (κ1) is 21.5. The van der Waals surface area contributed by atoms with Crippen molar-refractivity contribution in [1.82, 2.24) is 4.98 Å². The largest absolute Gasteiger partial charge is 0.490 e. The lowest BCUT2D eigenvalue weighted by Gasteiger charge is -2.36. The molecule has 0 aliphatic carbocycles. The van der Waals surface area contributed by atoms with Crippen LogP contribution in [0.3, 0.4) is 0 Å². The highest BCUT2D eigenvalue weighted by Crippen LogP contribution is 2.50. The van der Waals surface area contributed by atoms with Crippen molar-refractivity contribution < 1.29 is 32.5 Å². The summed E-state index contributed by atoms with van der Waals surface area (Å²) < 4.78 is 60.0. The number of aromatic nitrogens is 1. The van der Waals surface area contributed by atoms with E-state index in [1.54, 1.807) is 6.92 Å². The van der Waals surface area contributed by atoms with Gasteiger partial charge in [0, 0.05) is 17.7 Å². The highest BCUT2D eigenvalue weighted by molar-refractivity contribution is 5.71. The topological polar surface area (TPSA) is 88.6 Å². The fourth-order valence-electron chi connectivity index (χ4n) is 3.27. The maximum absolute atomic E-state index is 13.7. The zero-order chi connectivity index (χ0) is 21.8. The summed E-state index contributed by atoms with van der Waals surface area (Å²) in [4.78, 5) is 4.02. The molecule has 0 bridgehead atoms. The average molecular weight is 414 g/mol. The second kappa shape index (κ2) is 6.65. The van der Waals surface area contributed by atoms with Crippen LogP contribution in [0.2, 0.25) is 0 Å². The Morgan fingerprint density at radius 1 is 1.17 bits per heavy atom. The number of nitrogens with two attached hydrogens (primary N) is 1. The van der Waals surface area contributed by atoms with Gasteiger partial charge in [0.15, 0.2) is 0 Å². The predicted octanol–water partition coefficient (Wildman–Crippen LogP) is 3.02. The summed E-state index contributed by atoms with van der Waals surface area (Å²) in [6.45, 7) is 3.51. The van der Waals surface area contributed by atoms with E-state index in [2.05, 4.69) is 4.98 Å². The quantitative estimate of drug-likeness (QED) is 0.670. The number of benzene rings is 1. The lowest BCUT2D eigenvalue weighted by molar-refractivity contribution is -0.263. The van der Waals surface area contributed by atoms with Crippen molar-refractivity contribution >= 4 is 0 Å². The average Bonchev–Trinajstić information content (AvgIpc) is 2.98. The minimum absolute atomic E-state index is 0.00148. The number of pyridine rings is 1. The molecule has 4 N–H and O–H groups in total. The Balaban J connectivity index is 2.35. The maximum atomic E-state index is 13.7. The first-order valence-electron chi connectivity index (χ1n) is 8.91. The summed E-state index contributed by atoms with van der Waals surface area (Å²) in [6, 6.07) is 6.05. The second-order valence-corrected chi connectivity index (χ2v) is 7.98. The number of fused-ring (bicyclic) bond motifs is 1. The molecule has 0 saturated carbocycles. The molecule has 2 heterocycles. The Hall–Kier alpha value is -2.23. The Morgan fingerprint density at radius 2 is 1.76 bits per heavy atom. The SMILES string of the molecule is CC(C)(O)[C@@]1(C)COc2c1cc([C@@](O)(CN)C(F)(F)F)nc2-c1ccc(F)cc1. The highest BCUT2D eigenvalue weighted by atomic mass is 19.4. The molecular formula is C20H22F4N2O3. The number of hydrogen-bond acceptors (Lipinski definition) is 5. The Bertz CT molecular complexity index is 925. The van der Waals surface area contributed by atoms with Crippen LogP contribution in [0, 0.1) is 5.82 Å². The van der Waals surface area contributed by atoms with E-state index in [0.717, 1.165) is 18.2 Å². The molecule has 0 unspecified atom stereocenters. The van der Waals surface area contributed by atoms with Gasteiger partial charge in [-0.3, -0.25) is 0 Å². The number of alkyl halides is 3. The molecule has 1 aliphatic heterocycles. The fourth-order valence-corrected chi connectivity index (χ4v) is 3.27. The van der Waals surface area contributed by atoms with Crippen molar-refractivity contribution in [3.8, 4) is 17.0 Å². The summed E-state index contributed by atoms with van der Waals surface area (Å²) in [5, 5.41) is 21.0. The van der Waals surface area contributed by atoms with Gasteiger partial charge in [0.1, 0.15) is 23.9 Å². The predicted molar refractivity (Wildman–Crippen MR) is 97.8 cm³/mol. The molecular weight excluding hydrogens is 392 g/mol. The Morgan fingerprint density at radius 3 is 2.24 bits per heavy atom. The summed E-state index contributed by atoms with van der Waals surface area (Å²) >= 11 is 0. The lowest BCUT2D eigenvalue weighted by atomic mass is 9.71. The van der Waals surface area contributed by atoms with Crippen molar-refractivity contribution in [1.29, 1.82) is 0 Å². The summed E-state index contributed by atoms with van der Waals surface area (Å²) in [6.07, 6.45) is -5.09. The van der Waals surface area contributed by atoms with Gasteiger partial charge in [-0.2, -0.15) is 13.2 Å². The number of aliphatic hydroxyl groups is 2. The smallest absolute Gasteiger partial charge is 0.424 e. The van der Waals surface area contributed by atoms with E-state index in [0.29, 0.717) is 5.56 Å². The number of ether oxygens (including phenoxy) is 1. The fraction of sp³-hybridized carbons (Fsp3) is 0.450. The highest BCUT2D eigenvalue weighted by Gasteiger charge is 2.57. The van der Waals surface area contributed by atoms with Crippen molar-refractivity contribution in [2.75, 3.05) is 13.2 Å². The molecule has 0 saturated heterocycles. The summed E-state index contributed by atoms with van der Waals surface area (Å²) in [7, 11) is 0. The number of rotatable bonds is 4. The van der Waals surface area contributed by atoms with E-state index < -0.39 is 40.8 Å². The van der Waals surface area contributed by atoms with Crippen LogP contribution in [0.1, 0.15) is 32.0 Å². The molecule has 0 amide bonds. The van der Waals surface area contributed by atoms with Gasteiger partial charge in [0.2, 0.25) is 5.60 Å². The third-order valence-electron chi connectivity index (χ3n) is 5.73. The molecule has 3 rings (SSSR count). The van der Waals surface area contributed by atoms with Crippen LogP contribution in [0.5, 0.6) is 5.75 Å². The van der Waals surface area contributed by atoms with Crippen molar-refractivity contribution in [2.45, 2.75) is 43.6 Å². The number of nitrogens with zero attached hydrogens (tertiary/aromatic N) is 1. The molecule has 158 valence electrons. The van der Waals surface area contributed by atoms with Gasteiger partial charge in [-0.25, -0.2) is 9.37 Å². The molecule has 1 aliphatic rings. The van der Waals surface area contributed by atoms with E-state index >= 15 is 0 Å². The molecule has 0 fully saturated rings. The molecule has 0 spiro atoms. The van der Waals surface area contributed by atoms with Crippen LogP contribution < -0.4 is 10.5 Å². The van der Waals surface area contributed by atoms with Crippen LogP contribution in [-0.4, -0.2) is 40.1 Å². The summed E-state index contributed by atoms with van der Waals surface area (Å²) in [5.74, 6) is -0.357. The first-order valence-corrected chi connectivity index (χ1v) is 8.91. The van der Waals surface area contributed by atoms with E-state index in [4.69, 9.17) is 10.5 Å². The third kappa shape index (κ3) is 3.27. The van der Waals surface area contributed by atoms with Crippen LogP contribution in [0.15, 0.2) is 30.3 Å². The molecule has 9 heteroatoms. The van der Waals surface area contributed by atoms with Crippen molar-refractivity contribution in [2.24, 2.45) is 5.73 Å². The minimum Gasteiger partial charge on any atom is -0.490 e. The Kier molecular flexibility index (Phi) is 4.92. The van der Waals surface area contributed by atoms with Gasteiger partial charge in [0.05, 0.1) is 16.7 Å². The van der Waals surface area contributed by atoms with Gasteiger partial charge < -0.3 is 20.7 Å². The monoisotopic (exact) mass is 414 g/mol. The Labute approximate surface area is 165 Å². The van der Waals surface area contributed by atoms with E-state index in [-0.39, 0.29) is 23.6 Å². The van der Waals surface area contributed by atoms with Crippen LogP contribution in [-0.2, 0) is 11.0 Å². The molecule has 1 aromatic heterocycles. The second-order valence-electron chi connectivity index (χ2n) is 7.98. The molecule has 0 radical (unpaired) electrons. The molecule has 2 atom stereocenters. The summed E-state index contributed by atoms with van der Waals surface area (Å²) in [5.41, 5.74) is -0.726. The van der Waals surface area contributed by atoms with Gasteiger partial charge in [-0.1, -0.05) is 0 Å². The zero-order valence-corrected chi connectivity index (χ0v) is 16.1. The molecule has 29 heavy (non-hydrogen) atoms. The van der Waals surface area contributed by atoms with E-state index in [9.17, 15) is 27.8 Å². The van der Waals surface area contributed by atoms with E-state index in [1.807, 2.05) is 0 Å². The maximum Gasteiger partial charge on any atom is 0.424 e. The molecule has 5 nitrogen and oxygen atoms in total. The third-order valence-corrected chi connectivity index (χ3v) is 5.73. The van der Waals surface area contributed by atoms with E-state index in [1.165, 1.54) is 26.0 Å². The number of halogens is 4. The zero-order valence-electron chi connectivity index (χ0n) is 16.1. The van der Waals surface area contributed by atoms with Crippen molar-refractivity contribution in [3.05, 3.63) is 47.4 Å². The lowest BCUT2D eigenvalue weighted by Crippen LogP contribution is -2.49. The normalized spacial score (nSPS) is 21.4. The van der Waals surface area contributed by atoms with Gasteiger partial charge in [-0.15, -0.1) is 0 Å². The minimum atomic E-state index is -5.09. The van der Waals surface area contributed by atoms with Crippen molar-refractivity contribution in [3.63, 3.8) is 0 Å². The van der Waals surface area contributed by atoms with Gasteiger partial charge in [0.25, 0.3) is 0 Å². The van der Waals surface area contributed by atoms with Crippen LogP contribution >= 0.6 is 0 Å².